The van der Waals surface area contributed by atoms with Crippen molar-refractivity contribution in [1.82, 2.24) is 57.4 Å². The number of hydrogen-bond donors (Lipinski definition) is 0. The van der Waals surface area contributed by atoms with Crippen molar-refractivity contribution in [3.05, 3.63) is 364 Å². The van der Waals surface area contributed by atoms with Gasteiger partial charge in [0.15, 0.2) is 34.9 Å². The van der Waals surface area contributed by atoms with Crippen LogP contribution in [0.1, 0.15) is 0 Å². The van der Waals surface area contributed by atoms with Crippen molar-refractivity contribution in [2.45, 2.75) is 0 Å². The molecule has 0 unspecified atom stereocenters. The van der Waals surface area contributed by atoms with Gasteiger partial charge in [-0.2, -0.15) is 17.5 Å². The Hall–Kier alpha value is -15.0. The molecule has 0 saturated carbocycles. The lowest BCUT2D eigenvalue weighted by molar-refractivity contribution is 1.07. The molecule has 0 spiro atoms. The van der Waals surface area contributed by atoms with Gasteiger partial charge in [0, 0.05) is 76.8 Å². The van der Waals surface area contributed by atoms with Crippen molar-refractivity contribution < 1.29 is 0 Å². The molecule has 0 aliphatic rings. The molecular weight excluding hydrogens is 1430 g/mol. The summed E-state index contributed by atoms with van der Waals surface area (Å²) < 4.78 is 18.6. The van der Waals surface area contributed by atoms with E-state index in [-0.39, 0.29) is 0 Å². The first-order valence-corrected chi connectivity index (χ1v) is 39.0. The molecule has 0 radical (unpaired) electrons. The van der Waals surface area contributed by atoms with Gasteiger partial charge in [-0.3, -0.25) is 0 Å². The molecule has 0 amide bonds. The highest BCUT2D eigenvalue weighted by atomic mass is 32.1. The van der Waals surface area contributed by atoms with Gasteiger partial charge in [0.1, 0.15) is 22.1 Å². The fourth-order valence-electron chi connectivity index (χ4n) is 15.5. The van der Waals surface area contributed by atoms with Gasteiger partial charge in [0.05, 0.1) is 45.9 Å². The summed E-state index contributed by atoms with van der Waals surface area (Å²) in [5.74, 6) is 3.67. The number of nitrogens with zero attached hydrogens (tertiary/aromatic N) is 12. The van der Waals surface area contributed by atoms with E-state index < -0.39 is 0 Å². The maximum absolute atomic E-state index is 5.30. The van der Waals surface area contributed by atoms with E-state index in [2.05, 4.69) is 306 Å². The summed E-state index contributed by atoms with van der Waals surface area (Å²) in [7, 11) is 0. The Morgan fingerprint density at radius 2 is 0.456 bits per heavy atom. The number of rotatable bonds is 12. The van der Waals surface area contributed by atoms with Gasteiger partial charge in [-0.05, 0) is 145 Å². The summed E-state index contributed by atoms with van der Waals surface area (Å²) in [5.41, 5.74) is 23.4. The number of aromatic nitrogens is 12. The summed E-state index contributed by atoms with van der Waals surface area (Å²) in [5, 5.41) is 11.0. The van der Waals surface area contributed by atoms with Gasteiger partial charge < -0.3 is 0 Å². The molecule has 22 aromatic rings. The normalized spacial score (nSPS) is 11.5. The van der Waals surface area contributed by atoms with Crippen molar-refractivity contribution >= 4 is 110 Å². The van der Waals surface area contributed by atoms with Crippen molar-refractivity contribution in [1.29, 1.82) is 0 Å². The van der Waals surface area contributed by atoms with E-state index in [4.69, 9.17) is 48.6 Å². The zero-order valence-corrected chi connectivity index (χ0v) is 62.5. The highest BCUT2D eigenvalue weighted by molar-refractivity contribution is 7.00. The summed E-state index contributed by atoms with van der Waals surface area (Å²) in [6.45, 7) is 0. The Morgan fingerprint density at radius 3 is 0.877 bits per heavy atom. The second-order valence-electron chi connectivity index (χ2n) is 28.2. The Balaban J connectivity index is 0.000000144. The van der Waals surface area contributed by atoms with Gasteiger partial charge in [-0.25, -0.2) is 39.9 Å². The number of fused-ring (bicyclic) bond motifs is 12. The van der Waals surface area contributed by atoms with Crippen LogP contribution >= 0.6 is 23.5 Å². The maximum atomic E-state index is 5.30. The first-order chi connectivity index (χ1) is 56.4. The Labute approximate surface area is 662 Å². The average Bonchev–Trinajstić information content (AvgIpc) is 1.40. The largest absolute Gasteiger partial charge is 0.247 e. The predicted octanol–water partition coefficient (Wildman–Crippen LogP) is 25.5. The van der Waals surface area contributed by atoms with Gasteiger partial charge in [-0.1, -0.05) is 285 Å². The smallest absolute Gasteiger partial charge is 0.164 e. The average molecular weight is 1490 g/mol. The second-order valence-corrected chi connectivity index (χ2v) is 29.2. The van der Waals surface area contributed by atoms with E-state index >= 15 is 0 Å². The number of benzene rings is 16. The second kappa shape index (κ2) is 28.8. The Kier molecular flexibility index (Phi) is 17.0. The van der Waals surface area contributed by atoms with Crippen molar-refractivity contribution in [2.75, 3.05) is 0 Å². The molecule has 16 aromatic carbocycles. The summed E-state index contributed by atoms with van der Waals surface area (Å²) >= 11 is 2.48. The molecule has 0 atom stereocenters. The molecule has 12 nitrogen and oxygen atoms in total. The topological polar surface area (TPSA) is 155 Å². The Bertz CT molecular complexity index is 7340. The molecule has 6 heterocycles. The van der Waals surface area contributed by atoms with Crippen LogP contribution in [0.5, 0.6) is 0 Å². The lowest BCUT2D eigenvalue weighted by Crippen LogP contribution is -2.00. The molecule has 0 aliphatic heterocycles. The van der Waals surface area contributed by atoms with E-state index in [1.165, 1.54) is 34.2 Å². The first kappa shape index (κ1) is 67.2. The molecule has 532 valence electrons. The van der Waals surface area contributed by atoms with Gasteiger partial charge in [-0.15, -0.1) is 0 Å². The zero-order valence-electron chi connectivity index (χ0n) is 60.8. The minimum absolute atomic E-state index is 0.594. The molecule has 6 aromatic heterocycles. The third-order valence-corrected chi connectivity index (χ3v) is 22.2. The summed E-state index contributed by atoms with van der Waals surface area (Å²) in [6.07, 6.45) is 0. The minimum Gasteiger partial charge on any atom is -0.247 e. The highest BCUT2D eigenvalue weighted by Gasteiger charge is 2.22. The third kappa shape index (κ3) is 12.7. The van der Waals surface area contributed by atoms with Crippen LogP contribution in [0.2, 0.25) is 0 Å². The van der Waals surface area contributed by atoms with Crippen LogP contribution in [-0.2, 0) is 0 Å². The van der Waals surface area contributed by atoms with Crippen LogP contribution in [0, 0.1) is 0 Å². The van der Waals surface area contributed by atoms with Crippen LogP contribution in [-0.4, -0.2) is 57.4 Å². The molecule has 0 bridgehead atoms. The first-order valence-electron chi connectivity index (χ1n) is 37.6. The van der Waals surface area contributed by atoms with Crippen LogP contribution in [0.25, 0.3) is 222 Å². The maximum Gasteiger partial charge on any atom is 0.164 e. The number of pyridine rings is 2. The SMILES string of the molecule is c1ccc(-c2cc(-c3ccccc3)cc(-c3nc(-c4ccccc4)nc(-c4cccc(-c5ccc6c(c5)nc(-c5ccccc5)c5ccc7nsnc7c56)c4)n3)c2)cc1.c1ccc(-c2nc3cc(-c4cccc(-c5nc(-c6ccc7ccccc7c6)nc(-c6ccc7ccccc7c6)n5)c4)ccc3c3c2ccc2nsnc23)cc1. The van der Waals surface area contributed by atoms with Gasteiger partial charge in [0.2, 0.25) is 0 Å². The van der Waals surface area contributed by atoms with E-state index in [9.17, 15) is 0 Å². The fourth-order valence-corrected chi connectivity index (χ4v) is 16.5. The lowest BCUT2D eigenvalue weighted by atomic mass is 9.95. The molecule has 14 heteroatoms. The van der Waals surface area contributed by atoms with E-state index in [1.807, 2.05) is 66.7 Å². The van der Waals surface area contributed by atoms with Crippen molar-refractivity contribution in [3.8, 4) is 135 Å². The molecular formula is C100H60N12S2. The fraction of sp³-hybridized carbons (Fsp3) is 0. The van der Waals surface area contributed by atoms with E-state index in [1.54, 1.807) is 0 Å². The van der Waals surface area contributed by atoms with E-state index in [0.717, 1.165) is 177 Å². The van der Waals surface area contributed by atoms with Crippen LogP contribution < -0.4 is 0 Å². The van der Waals surface area contributed by atoms with Crippen molar-refractivity contribution in [2.24, 2.45) is 0 Å². The minimum atomic E-state index is 0.594. The highest BCUT2D eigenvalue weighted by Crippen LogP contribution is 2.43. The van der Waals surface area contributed by atoms with Gasteiger partial charge >= 0.3 is 0 Å². The molecule has 0 aliphatic carbocycles. The van der Waals surface area contributed by atoms with Crippen LogP contribution in [0.3, 0.4) is 0 Å². The molecule has 0 N–H and O–H groups in total. The predicted molar refractivity (Wildman–Crippen MR) is 467 cm³/mol. The van der Waals surface area contributed by atoms with Gasteiger partial charge in [0.25, 0.3) is 0 Å². The molecule has 0 saturated heterocycles. The quantitative estimate of drug-likeness (QED) is 0.107. The lowest BCUT2D eigenvalue weighted by Gasteiger charge is -2.13. The van der Waals surface area contributed by atoms with Crippen molar-refractivity contribution in [3.63, 3.8) is 0 Å². The zero-order chi connectivity index (χ0) is 75.4. The van der Waals surface area contributed by atoms with E-state index in [0.29, 0.717) is 34.9 Å². The standard InChI is InChI=1S/C52H32N6S.C48H28N6S/c1-5-14-33(15-6-1)40-29-41(34-16-7-2-8-17-34)31-42(30-40)52-55-50(36-20-11-4-12-21-36)54-51(56-52)39-23-13-22-37(28-39)38-24-25-43-46(32-38)53-48(35-18-9-3-10-19-35)44-26-27-45-49(47(43)44)58-59-57-45;1-2-11-31(12-3-1)44-40-23-24-41-45(54-55-53-41)43(40)39-22-21-35(28-42(39)49-44)34-15-8-16-36(27-34)46-50-47(37-19-17-29-9-4-6-13-32(29)25-37)52-48(51-46)38-20-18-30-10-5-7-14-33(30)26-38/h1-32H;1-28H. The summed E-state index contributed by atoms with van der Waals surface area (Å²) in [4.78, 5) is 41.3. The number of hydrogen-bond acceptors (Lipinski definition) is 14. The third-order valence-electron chi connectivity index (χ3n) is 21.1. The molecule has 0 fully saturated rings. The molecule has 114 heavy (non-hydrogen) atoms. The Morgan fingerprint density at radius 1 is 0.158 bits per heavy atom. The van der Waals surface area contributed by atoms with Crippen LogP contribution in [0.4, 0.5) is 0 Å². The monoisotopic (exact) mass is 1490 g/mol. The summed E-state index contributed by atoms with van der Waals surface area (Å²) in [6, 6.07) is 126. The molecule has 22 rings (SSSR count). The van der Waals surface area contributed by atoms with Crippen LogP contribution in [0.15, 0.2) is 364 Å².